The third kappa shape index (κ3) is 3.27. The Morgan fingerprint density at radius 3 is 2.80 bits per heavy atom. The minimum atomic E-state index is -3.64. The zero-order chi connectivity index (χ0) is 18.2. The van der Waals surface area contributed by atoms with Crippen molar-refractivity contribution in [3.05, 3.63) is 36.1 Å². The maximum absolute atomic E-state index is 12.6. The number of aryl methyl sites for hydroxylation is 1. The lowest BCUT2D eigenvalue weighted by molar-refractivity contribution is -0.121. The largest absolute Gasteiger partial charge is 0.360 e. The molecule has 0 saturated carbocycles. The van der Waals surface area contributed by atoms with E-state index in [9.17, 15) is 18.0 Å². The SMILES string of the molecule is Cc1cc(NC(=O)CN2C(=O)CC(C)S(=O)(=O)c3ccccc32)no1. The van der Waals surface area contributed by atoms with Crippen molar-refractivity contribution in [2.24, 2.45) is 0 Å². The predicted octanol–water partition coefficient (Wildman–Crippen LogP) is 1.52. The number of carbonyl (C=O) groups is 2. The summed E-state index contributed by atoms with van der Waals surface area (Å²) in [5.41, 5.74) is 0.211. The Balaban J connectivity index is 1.92. The molecule has 1 aliphatic rings. The lowest BCUT2D eigenvalue weighted by Gasteiger charge is -2.21. The fourth-order valence-corrected chi connectivity index (χ4v) is 4.20. The number of fused-ring (bicyclic) bond motifs is 1. The first kappa shape index (κ1) is 17.2. The summed E-state index contributed by atoms with van der Waals surface area (Å²) >= 11 is 0. The fraction of sp³-hybridized carbons (Fsp3) is 0.312. The van der Waals surface area contributed by atoms with Crippen molar-refractivity contribution in [2.75, 3.05) is 16.8 Å². The van der Waals surface area contributed by atoms with Gasteiger partial charge in [-0.1, -0.05) is 17.3 Å². The van der Waals surface area contributed by atoms with Crippen LogP contribution in [0.15, 0.2) is 39.8 Å². The summed E-state index contributed by atoms with van der Waals surface area (Å²) in [6.45, 7) is 2.86. The van der Waals surface area contributed by atoms with Crippen LogP contribution in [0.2, 0.25) is 0 Å². The number of para-hydroxylation sites is 1. The van der Waals surface area contributed by atoms with Gasteiger partial charge in [-0.05, 0) is 26.0 Å². The Hall–Kier alpha value is -2.68. The van der Waals surface area contributed by atoms with Crippen molar-refractivity contribution >= 4 is 33.2 Å². The average molecular weight is 363 g/mol. The molecule has 0 aliphatic carbocycles. The molecular weight excluding hydrogens is 346 g/mol. The summed E-state index contributed by atoms with van der Waals surface area (Å²) in [5, 5.41) is 5.33. The Bertz CT molecular complexity index is 935. The minimum absolute atomic E-state index is 0.0541. The van der Waals surface area contributed by atoms with Crippen LogP contribution in [0.1, 0.15) is 19.1 Å². The smallest absolute Gasteiger partial charge is 0.245 e. The Morgan fingerprint density at radius 2 is 2.12 bits per heavy atom. The Kier molecular flexibility index (Phi) is 4.34. The molecule has 1 atom stereocenters. The molecule has 0 spiro atoms. The molecule has 0 radical (unpaired) electrons. The molecule has 1 unspecified atom stereocenters. The monoisotopic (exact) mass is 363 g/mol. The molecular formula is C16H17N3O5S. The van der Waals surface area contributed by atoms with Crippen LogP contribution < -0.4 is 10.2 Å². The van der Waals surface area contributed by atoms with E-state index in [1.54, 1.807) is 25.1 Å². The van der Waals surface area contributed by atoms with Gasteiger partial charge in [0.25, 0.3) is 0 Å². The molecule has 9 heteroatoms. The second-order valence-electron chi connectivity index (χ2n) is 5.88. The van der Waals surface area contributed by atoms with E-state index in [-0.39, 0.29) is 29.4 Å². The molecule has 25 heavy (non-hydrogen) atoms. The van der Waals surface area contributed by atoms with Crippen LogP contribution in [0.25, 0.3) is 0 Å². The normalized spacial score (nSPS) is 19.2. The van der Waals surface area contributed by atoms with E-state index < -0.39 is 26.9 Å². The molecule has 0 fully saturated rings. The van der Waals surface area contributed by atoms with Gasteiger partial charge in [-0.15, -0.1) is 0 Å². The summed E-state index contributed by atoms with van der Waals surface area (Å²) < 4.78 is 30.1. The number of rotatable bonds is 3. The maximum atomic E-state index is 12.6. The van der Waals surface area contributed by atoms with Crippen LogP contribution in [0.3, 0.4) is 0 Å². The number of hydrogen-bond donors (Lipinski definition) is 1. The molecule has 1 aromatic heterocycles. The summed E-state index contributed by atoms with van der Waals surface area (Å²) in [5.74, 6) is -0.152. The topological polar surface area (TPSA) is 110 Å². The van der Waals surface area contributed by atoms with Gasteiger partial charge in [0, 0.05) is 12.5 Å². The van der Waals surface area contributed by atoms with E-state index in [1.165, 1.54) is 24.0 Å². The summed E-state index contributed by atoms with van der Waals surface area (Å²) in [7, 11) is -3.64. The second kappa shape index (κ2) is 6.32. The molecule has 8 nitrogen and oxygen atoms in total. The van der Waals surface area contributed by atoms with Crippen molar-refractivity contribution in [3.8, 4) is 0 Å². The van der Waals surface area contributed by atoms with Crippen LogP contribution in [0, 0.1) is 6.92 Å². The molecule has 2 heterocycles. The number of sulfone groups is 1. The molecule has 132 valence electrons. The van der Waals surface area contributed by atoms with E-state index in [0.717, 1.165) is 0 Å². The van der Waals surface area contributed by atoms with Gasteiger partial charge in [-0.25, -0.2) is 8.42 Å². The average Bonchev–Trinajstić information content (AvgIpc) is 2.94. The predicted molar refractivity (Wildman–Crippen MR) is 89.9 cm³/mol. The quantitative estimate of drug-likeness (QED) is 0.885. The van der Waals surface area contributed by atoms with E-state index in [2.05, 4.69) is 10.5 Å². The lowest BCUT2D eigenvalue weighted by atomic mass is 10.2. The standard InChI is InChI=1S/C16H17N3O5S/c1-10-7-14(18-24-10)17-15(20)9-19-12-5-3-4-6-13(12)25(22,23)11(2)8-16(19)21/h3-7,11H,8-9H2,1-2H3,(H,17,18,20). The lowest BCUT2D eigenvalue weighted by Crippen LogP contribution is -2.38. The highest BCUT2D eigenvalue weighted by molar-refractivity contribution is 7.92. The van der Waals surface area contributed by atoms with E-state index >= 15 is 0 Å². The second-order valence-corrected chi connectivity index (χ2v) is 8.21. The van der Waals surface area contributed by atoms with E-state index in [4.69, 9.17) is 4.52 Å². The Labute approximate surface area is 144 Å². The Morgan fingerprint density at radius 1 is 1.40 bits per heavy atom. The van der Waals surface area contributed by atoms with Gasteiger partial charge in [0.15, 0.2) is 15.7 Å². The van der Waals surface area contributed by atoms with Gasteiger partial charge in [-0.3, -0.25) is 9.59 Å². The minimum Gasteiger partial charge on any atom is -0.360 e. The first-order valence-corrected chi connectivity index (χ1v) is 9.20. The molecule has 0 bridgehead atoms. The number of aromatic nitrogens is 1. The summed E-state index contributed by atoms with van der Waals surface area (Å²) in [6, 6.07) is 7.74. The first-order chi connectivity index (χ1) is 11.8. The molecule has 1 aliphatic heterocycles. The number of carbonyl (C=O) groups excluding carboxylic acids is 2. The van der Waals surface area contributed by atoms with E-state index in [1.807, 2.05) is 0 Å². The molecule has 1 N–H and O–H groups in total. The number of benzene rings is 1. The number of anilines is 2. The highest BCUT2D eigenvalue weighted by Crippen LogP contribution is 2.33. The summed E-state index contributed by atoms with van der Waals surface area (Å²) in [6.07, 6.45) is -0.187. The van der Waals surface area contributed by atoms with Gasteiger partial charge >= 0.3 is 0 Å². The number of nitrogens with one attached hydrogen (secondary N) is 1. The third-order valence-electron chi connectivity index (χ3n) is 3.95. The fourth-order valence-electron chi connectivity index (χ4n) is 2.66. The van der Waals surface area contributed by atoms with Crippen molar-refractivity contribution in [1.82, 2.24) is 5.16 Å². The van der Waals surface area contributed by atoms with Crippen molar-refractivity contribution in [2.45, 2.75) is 30.4 Å². The van der Waals surface area contributed by atoms with Gasteiger partial charge < -0.3 is 14.7 Å². The van der Waals surface area contributed by atoms with Gasteiger partial charge in [0.05, 0.1) is 15.8 Å². The highest BCUT2D eigenvalue weighted by atomic mass is 32.2. The first-order valence-electron chi connectivity index (χ1n) is 7.65. The van der Waals surface area contributed by atoms with Crippen LogP contribution in [0.4, 0.5) is 11.5 Å². The van der Waals surface area contributed by atoms with Gasteiger partial charge in [-0.2, -0.15) is 0 Å². The van der Waals surface area contributed by atoms with Crippen molar-refractivity contribution in [3.63, 3.8) is 0 Å². The van der Waals surface area contributed by atoms with Crippen molar-refractivity contribution < 1.29 is 22.5 Å². The number of hydrogen-bond acceptors (Lipinski definition) is 6. The number of amides is 2. The zero-order valence-electron chi connectivity index (χ0n) is 13.7. The zero-order valence-corrected chi connectivity index (χ0v) is 14.5. The van der Waals surface area contributed by atoms with Crippen LogP contribution in [-0.4, -0.2) is 37.2 Å². The van der Waals surface area contributed by atoms with Crippen LogP contribution in [0.5, 0.6) is 0 Å². The highest BCUT2D eigenvalue weighted by Gasteiger charge is 2.36. The molecule has 1 aromatic carbocycles. The molecule has 0 saturated heterocycles. The van der Waals surface area contributed by atoms with Crippen LogP contribution in [-0.2, 0) is 19.4 Å². The van der Waals surface area contributed by atoms with Crippen LogP contribution >= 0.6 is 0 Å². The van der Waals surface area contributed by atoms with E-state index in [0.29, 0.717) is 5.76 Å². The third-order valence-corrected chi connectivity index (χ3v) is 6.14. The summed E-state index contributed by atoms with van der Waals surface area (Å²) in [4.78, 5) is 26.0. The molecule has 3 rings (SSSR count). The van der Waals surface area contributed by atoms with Gasteiger partial charge in [0.2, 0.25) is 11.8 Å². The van der Waals surface area contributed by atoms with Crippen molar-refractivity contribution in [1.29, 1.82) is 0 Å². The molecule has 2 amide bonds. The van der Waals surface area contributed by atoms with Gasteiger partial charge in [0.1, 0.15) is 12.3 Å². The maximum Gasteiger partial charge on any atom is 0.245 e. The molecule has 2 aromatic rings. The number of nitrogens with zero attached hydrogens (tertiary/aromatic N) is 2.